The van der Waals surface area contributed by atoms with Crippen molar-refractivity contribution >= 4 is 0 Å². The van der Waals surface area contributed by atoms with Gasteiger partial charge in [-0.2, -0.15) is 5.10 Å². The lowest BCUT2D eigenvalue weighted by atomic mass is 10.0. The van der Waals surface area contributed by atoms with Crippen molar-refractivity contribution in [2.45, 2.75) is 25.9 Å². The van der Waals surface area contributed by atoms with E-state index in [9.17, 15) is 8.78 Å². The fourth-order valence-corrected chi connectivity index (χ4v) is 2.16. The molecule has 0 amide bonds. The maximum atomic E-state index is 13.7. The molecule has 1 atom stereocenters. The van der Waals surface area contributed by atoms with Gasteiger partial charge in [0.05, 0.1) is 11.7 Å². The quantitative estimate of drug-likeness (QED) is 0.900. The van der Waals surface area contributed by atoms with Crippen LogP contribution in [-0.4, -0.2) is 16.8 Å². The number of hydrogen-bond acceptors (Lipinski definition) is 2. The molecule has 0 radical (unpaired) electrons. The van der Waals surface area contributed by atoms with Gasteiger partial charge >= 0.3 is 0 Å². The third-order valence-corrected chi connectivity index (χ3v) is 3.19. The van der Waals surface area contributed by atoms with E-state index in [2.05, 4.69) is 10.4 Å². The summed E-state index contributed by atoms with van der Waals surface area (Å²) in [4.78, 5) is 0. The molecule has 1 aromatic carbocycles. The van der Waals surface area contributed by atoms with Crippen LogP contribution in [0.4, 0.5) is 8.78 Å². The largest absolute Gasteiger partial charge is 0.311 e. The Morgan fingerprint density at radius 1 is 1.32 bits per heavy atom. The second-order valence-corrected chi connectivity index (χ2v) is 4.35. The average Bonchev–Trinajstić information content (AvgIpc) is 2.86. The first-order chi connectivity index (χ1) is 9.15. The van der Waals surface area contributed by atoms with Crippen LogP contribution < -0.4 is 5.32 Å². The minimum Gasteiger partial charge on any atom is -0.311 e. The van der Waals surface area contributed by atoms with E-state index in [1.807, 2.05) is 24.7 Å². The first-order valence-corrected chi connectivity index (χ1v) is 6.28. The van der Waals surface area contributed by atoms with Gasteiger partial charge in [0.15, 0.2) is 0 Å². The van der Waals surface area contributed by atoms with Gasteiger partial charge in [0.1, 0.15) is 11.6 Å². The van der Waals surface area contributed by atoms with E-state index in [4.69, 9.17) is 0 Å². The van der Waals surface area contributed by atoms with Crippen LogP contribution in [0.2, 0.25) is 0 Å². The summed E-state index contributed by atoms with van der Waals surface area (Å²) in [5, 5.41) is 7.35. The number of nitrogens with zero attached hydrogens (tertiary/aromatic N) is 2. The van der Waals surface area contributed by atoms with Gasteiger partial charge in [-0.3, -0.25) is 4.68 Å². The van der Waals surface area contributed by atoms with Gasteiger partial charge in [0, 0.05) is 18.8 Å². The molecule has 19 heavy (non-hydrogen) atoms. The number of likely N-dealkylation sites (N-methyl/N-ethyl adjacent to an activating group) is 1. The molecule has 1 heterocycles. The number of halogens is 2. The molecule has 102 valence electrons. The predicted octanol–water partition coefficient (Wildman–Crippen LogP) is 2.68. The van der Waals surface area contributed by atoms with Gasteiger partial charge < -0.3 is 5.32 Å². The van der Waals surface area contributed by atoms with E-state index >= 15 is 0 Å². The van der Waals surface area contributed by atoms with Crippen molar-refractivity contribution in [2.75, 3.05) is 7.05 Å². The topological polar surface area (TPSA) is 29.9 Å². The standard InChI is InChI=1S/C14H17F2N3/c1-3-19-14(6-7-18-19)13(17-2)8-10-4-5-11(15)9-12(10)16/h4-7,9,13,17H,3,8H2,1-2H3. The highest BCUT2D eigenvalue weighted by Gasteiger charge is 2.16. The first-order valence-electron chi connectivity index (χ1n) is 6.28. The van der Waals surface area contributed by atoms with Crippen LogP contribution in [0.15, 0.2) is 30.5 Å². The molecule has 0 saturated carbocycles. The summed E-state index contributed by atoms with van der Waals surface area (Å²) < 4.78 is 28.4. The molecule has 2 rings (SSSR count). The van der Waals surface area contributed by atoms with Crippen molar-refractivity contribution in [2.24, 2.45) is 0 Å². The molecule has 0 bridgehead atoms. The van der Waals surface area contributed by atoms with E-state index in [0.29, 0.717) is 12.0 Å². The molecule has 0 aliphatic rings. The Kier molecular flexibility index (Phi) is 4.27. The molecule has 0 aliphatic heterocycles. The van der Waals surface area contributed by atoms with E-state index in [-0.39, 0.29) is 6.04 Å². The van der Waals surface area contributed by atoms with E-state index in [0.717, 1.165) is 18.3 Å². The number of hydrogen-bond donors (Lipinski definition) is 1. The lowest BCUT2D eigenvalue weighted by Gasteiger charge is -2.18. The minimum atomic E-state index is -0.555. The van der Waals surface area contributed by atoms with E-state index in [1.54, 1.807) is 6.20 Å². The third-order valence-electron chi connectivity index (χ3n) is 3.19. The van der Waals surface area contributed by atoms with Crippen molar-refractivity contribution < 1.29 is 8.78 Å². The zero-order valence-corrected chi connectivity index (χ0v) is 11.0. The third kappa shape index (κ3) is 2.98. The van der Waals surface area contributed by atoms with E-state index < -0.39 is 11.6 Å². The summed E-state index contributed by atoms with van der Waals surface area (Å²) in [7, 11) is 1.82. The van der Waals surface area contributed by atoms with Crippen LogP contribution in [0.5, 0.6) is 0 Å². The summed E-state index contributed by atoms with van der Waals surface area (Å²) in [6.07, 6.45) is 2.18. The summed E-state index contributed by atoms with van der Waals surface area (Å²) in [5.41, 5.74) is 1.48. The van der Waals surface area contributed by atoms with Crippen molar-refractivity contribution in [3.8, 4) is 0 Å². The lowest BCUT2D eigenvalue weighted by Crippen LogP contribution is -2.22. The van der Waals surface area contributed by atoms with Crippen LogP contribution in [-0.2, 0) is 13.0 Å². The molecule has 0 aliphatic carbocycles. The van der Waals surface area contributed by atoms with Gasteiger partial charge in [0.2, 0.25) is 0 Å². The van der Waals surface area contributed by atoms with Crippen molar-refractivity contribution in [3.63, 3.8) is 0 Å². The number of nitrogens with one attached hydrogen (secondary N) is 1. The van der Waals surface area contributed by atoms with Crippen molar-refractivity contribution in [3.05, 3.63) is 53.4 Å². The van der Waals surface area contributed by atoms with Gasteiger partial charge in [-0.05, 0) is 38.1 Å². The van der Waals surface area contributed by atoms with Crippen molar-refractivity contribution in [1.29, 1.82) is 0 Å². The molecule has 0 saturated heterocycles. The Hall–Kier alpha value is -1.75. The zero-order chi connectivity index (χ0) is 13.8. The summed E-state index contributed by atoms with van der Waals surface area (Å²) in [6, 6.07) is 5.54. The average molecular weight is 265 g/mol. The number of aryl methyl sites for hydroxylation is 1. The summed E-state index contributed by atoms with van der Waals surface area (Å²) in [6.45, 7) is 2.76. The van der Waals surface area contributed by atoms with Crippen LogP contribution in [0.3, 0.4) is 0 Å². The molecule has 0 spiro atoms. The van der Waals surface area contributed by atoms with Crippen LogP contribution in [0.1, 0.15) is 24.2 Å². The highest BCUT2D eigenvalue weighted by Crippen LogP contribution is 2.20. The Morgan fingerprint density at radius 2 is 2.11 bits per heavy atom. The van der Waals surface area contributed by atoms with Crippen LogP contribution in [0, 0.1) is 11.6 Å². The molecule has 2 aromatic rings. The second kappa shape index (κ2) is 5.93. The molecular formula is C14H17F2N3. The zero-order valence-electron chi connectivity index (χ0n) is 11.0. The molecule has 1 unspecified atom stereocenters. The highest BCUT2D eigenvalue weighted by molar-refractivity contribution is 5.22. The van der Waals surface area contributed by atoms with E-state index in [1.165, 1.54) is 12.1 Å². The number of benzene rings is 1. The fraction of sp³-hybridized carbons (Fsp3) is 0.357. The van der Waals surface area contributed by atoms with Gasteiger partial charge in [-0.25, -0.2) is 8.78 Å². The normalized spacial score (nSPS) is 12.6. The molecular weight excluding hydrogens is 248 g/mol. The SMILES string of the molecule is CCn1nccc1C(Cc1ccc(F)cc1F)NC. The minimum absolute atomic E-state index is 0.0533. The maximum absolute atomic E-state index is 13.7. The highest BCUT2D eigenvalue weighted by atomic mass is 19.1. The molecule has 1 aromatic heterocycles. The smallest absolute Gasteiger partial charge is 0.129 e. The molecule has 3 nitrogen and oxygen atoms in total. The van der Waals surface area contributed by atoms with Gasteiger partial charge in [-0.1, -0.05) is 6.07 Å². The summed E-state index contributed by atoms with van der Waals surface area (Å²) >= 11 is 0. The Bertz CT molecular complexity index is 551. The lowest BCUT2D eigenvalue weighted by molar-refractivity contribution is 0.498. The van der Waals surface area contributed by atoms with Crippen LogP contribution >= 0.6 is 0 Å². The Balaban J connectivity index is 2.24. The van der Waals surface area contributed by atoms with Crippen molar-refractivity contribution in [1.82, 2.24) is 15.1 Å². The van der Waals surface area contributed by atoms with Crippen LogP contribution in [0.25, 0.3) is 0 Å². The molecule has 0 fully saturated rings. The second-order valence-electron chi connectivity index (χ2n) is 4.35. The number of aromatic nitrogens is 2. The Labute approximate surface area is 111 Å². The summed E-state index contributed by atoms with van der Waals surface area (Å²) in [5.74, 6) is -1.07. The first kappa shape index (κ1) is 13.7. The maximum Gasteiger partial charge on any atom is 0.129 e. The molecule has 1 N–H and O–H groups in total. The number of rotatable bonds is 5. The van der Waals surface area contributed by atoms with Gasteiger partial charge in [-0.15, -0.1) is 0 Å². The monoisotopic (exact) mass is 265 g/mol. The fourth-order valence-electron chi connectivity index (χ4n) is 2.16. The molecule has 5 heteroatoms. The Morgan fingerprint density at radius 3 is 2.74 bits per heavy atom. The predicted molar refractivity (Wildman–Crippen MR) is 69.8 cm³/mol. The van der Waals surface area contributed by atoms with Gasteiger partial charge in [0.25, 0.3) is 0 Å².